The van der Waals surface area contributed by atoms with Crippen LogP contribution in [0.25, 0.3) is 0 Å². The second-order valence-electron chi connectivity index (χ2n) is 3.96. The van der Waals surface area contributed by atoms with Crippen LogP contribution in [0.5, 0.6) is 0 Å². The quantitative estimate of drug-likeness (QED) is 0.651. The number of halogens is 2. The minimum absolute atomic E-state index is 0.00327. The fourth-order valence-electron chi connectivity index (χ4n) is 1.59. The van der Waals surface area contributed by atoms with Crippen molar-refractivity contribution in [2.75, 3.05) is 0 Å². The predicted octanol–water partition coefficient (Wildman–Crippen LogP) is 5.12. The summed E-state index contributed by atoms with van der Waals surface area (Å²) in [4.78, 5) is 24.5. The smallest absolute Gasteiger partial charge is 0.173 e. The Bertz CT molecular complexity index is 602. The van der Waals surface area contributed by atoms with E-state index in [4.69, 9.17) is 0 Å². The molecular formula is C14H10Br2O2S. The molecular weight excluding hydrogens is 392 g/mol. The Morgan fingerprint density at radius 1 is 0.895 bits per heavy atom. The molecule has 0 saturated heterocycles. The normalized spacial score (nSPS) is 10.4. The number of carbonyl (C=O) groups is 2. The van der Waals surface area contributed by atoms with Crippen molar-refractivity contribution in [3.05, 3.63) is 55.1 Å². The molecule has 0 N–H and O–H groups in total. The summed E-state index contributed by atoms with van der Waals surface area (Å²) in [5.41, 5.74) is 0.642. The van der Waals surface area contributed by atoms with Gasteiger partial charge in [0.05, 0.1) is 8.66 Å². The number of hydrogen-bond donors (Lipinski definition) is 0. The second-order valence-corrected chi connectivity index (χ2v) is 7.34. The maximum atomic E-state index is 11.9. The molecule has 0 unspecified atom stereocenters. The van der Waals surface area contributed by atoms with E-state index in [-0.39, 0.29) is 24.4 Å². The molecule has 0 fully saturated rings. The number of thiophene rings is 1. The van der Waals surface area contributed by atoms with Gasteiger partial charge in [0, 0.05) is 22.9 Å². The third-order valence-corrected chi connectivity index (χ3v) is 4.79. The van der Waals surface area contributed by atoms with Crippen LogP contribution in [0.2, 0.25) is 0 Å². The van der Waals surface area contributed by atoms with Gasteiger partial charge in [0.1, 0.15) is 0 Å². The second kappa shape index (κ2) is 6.59. The minimum atomic E-state index is -0.00327. The number of ketones is 2. The lowest BCUT2D eigenvalue weighted by atomic mass is 10.0. The van der Waals surface area contributed by atoms with Gasteiger partial charge in [0.2, 0.25) is 0 Å². The molecule has 2 nitrogen and oxygen atoms in total. The first-order chi connectivity index (χ1) is 9.06. The number of carbonyl (C=O) groups excluding carboxylic acids is 2. The molecule has 2 aromatic rings. The first kappa shape index (κ1) is 14.6. The van der Waals surface area contributed by atoms with E-state index in [0.29, 0.717) is 10.4 Å². The van der Waals surface area contributed by atoms with E-state index in [1.54, 1.807) is 18.2 Å². The Morgan fingerprint density at radius 2 is 1.53 bits per heavy atom. The van der Waals surface area contributed by atoms with Crippen LogP contribution in [0, 0.1) is 0 Å². The Balaban J connectivity index is 1.93. The van der Waals surface area contributed by atoms with Gasteiger partial charge in [-0.25, -0.2) is 0 Å². The molecule has 98 valence electrons. The summed E-state index contributed by atoms with van der Waals surface area (Å²) in [5, 5.41) is 0. The van der Waals surface area contributed by atoms with Gasteiger partial charge in [0.15, 0.2) is 11.6 Å². The van der Waals surface area contributed by atoms with Crippen molar-refractivity contribution < 1.29 is 9.59 Å². The minimum Gasteiger partial charge on any atom is -0.294 e. The number of Topliss-reactive ketones (excluding diaryl/α,β-unsaturated/α-hetero) is 2. The lowest BCUT2D eigenvalue weighted by molar-refractivity contribution is 0.0919. The highest BCUT2D eigenvalue weighted by Gasteiger charge is 2.12. The molecule has 0 aliphatic rings. The lowest BCUT2D eigenvalue weighted by Crippen LogP contribution is -2.04. The zero-order valence-corrected chi connectivity index (χ0v) is 13.8. The highest BCUT2D eigenvalue weighted by atomic mass is 79.9. The first-order valence-corrected chi connectivity index (χ1v) is 8.04. The molecule has 0 bridgehead atoms. The number of hydrogen-bond acceptors (Lipinski definition) is 3. The molecule has 0 amide bonds. The molecule has 0 spiro atoms. The molecule has 0 aliphatic carbocycles. The van der Waals surface area contributed by atoms with Gasteiger partial charge in [0.25, 0.3) is 0 Å². The van der Waals surface area contributed by atoms with Crippen molar-refractivity contribution in [2.24, 2.45) is 0 Å². The highest BCUT2D eigenvalue weighted by Crippen LogP contribution is 2.23. The molecule has 0 saturated carbocycles. The summed E-state index contributed by atoms with van der Waals surface area (Å²) >= 11 is 8.03. The zero-order chi connectivity index (χ0) is 13.8. The van der Waals surface area contributed by atoms with Gasteiger partial charge in [-0.05, 0) is 40.2 Å². The standard InChI is InChI=1S/C14H10Br2O2S/c15-10-3-1-9(2-4-10)11(17)5-6-12(18)13-7-8-14(16)19-13/h1-4,7-8H,5-6H2. The van der Waals surface area contributed by atoms with Gasteiger partial charge in [-0.15, -0.1) is 11.3 Å². The summed E-state index contributed by atoms with van der Waals surface area (Å²) in [6.45, 7) is 0. The maximum Gasteiger partial charge on any atom is 0.173 e. The maximum absolute atomic E-state index is 11.9. The van der Waals surface area contributed by atoms with Crippen LogP contribution in [0.1, 0.15) is 32.9 Å². The van der Waals surface area contributed by atoms with E-state index >= 15 is 0 Å². The molecule has 1 aromatic carbocycles. The van der Waals surface area contributed by atoms with E-state index < -0.39 is 0 Å². The van der Waals surface area contributed by atoms with Crippen molar-refractivity contribution in [1.82, 2.24) is 0 Å². The van der Waals surface area contributed by atoms with Crippen molar-refractivity contribution in [3.8, 4) is 0 Å². The van der Waals surface area contributed by atoms with E-state index in [2.05, 4.69) is 31.9 Å². The van der Waals surface area contributed by atoms with E-state index in [9.17, 15) is 9.59 Å². The molecule has 0 aliphatic heterocycles. The Morgan fingerprint density at radius 3 is 2.11 bits per heavy atom. The third kappa shape index (κ3) is 4.09. The molecule has 5 heteroatoms. The van der Waals surface area contributed by atoms with Crippen LogP contribution in [0.3, 0.4) is 0 Å². The predicted molar refractivity (Wildman–Crippen MR) is 84.1 cm³/mol. The summed E-state index contributed by atoms with van der Waals surface area (Å²) in [7, 11) is 0. The van der Waals surface area contributed by atoms with E-state index in [1.807, 2.05) is 18.2 Å². The van der Waals surface area contributed by atoms with Crippen molar-refractivity contribution in [2.45, 2.75) is 12.8 Å². The van der Waals surface area contributed by atoms with Gasteiger partial charge in [-0.3, -0.25) is 9.59 Å². The number of benzene rings is 1. The van der Waals surface area contributed by atoms with Gasteiger partial charge in [-0.1, -0.05) is 28.1 Å². The van der Waals surface area contributed by atoms with E-state index in [0.717, 1.165) is 8.26 Å². The van der Waals surface area contributed by atoms with Crippen LogP contribution < -0.4 is 0 Å². The first-order valence-electron chi connectivity index (χ1n) is 5.63. The van der Waals surface area contributed by atoms with Gasteiger partial charge in [-0.2, -0.15) is 0 Å². The summed E-state index contributed by atoms with van der Waals surface area (Å²) in [6, 6.07) is 10.8. The van der Waals surface area contributed by atoms with Gasteiger partial charge >= 0.3 is 0 Å². The zero-order valence-electron chi connectivity index (χ0n) is 9.86. The lowest BCUT2D eigenvalue weighted by Gasteiger charge is -2.00. The topological polar surface area (TPSA) is 34.1 Å². The van der Waals surface area contributed by atoms with Crippen LogP contribution in [-0.2, 0) is 0 Å². The van der Waals surface area contributed by atoms with Gasteiger partial charge < -0.3 is 0 Å². The van der Waals surface area contributed by atoms with Crippen molar-refractivity contribution >= 4 is 54.8 Å². The Labute approximate surface area is 132 Å². The average Bonchev–Trinajstić information content (AvgIpc) is 2.83. The summed E-state index contributed by atoms with van der Waals surface area (Å²) in [6.07, 6.45) is 0.498. The summed E-state index contributed by atoms with van der Waals surface area (Å²) < 4.78 is 1.86. The van der Waals surface area contributed by atoms with Crippen LogP contribution in [0.15, 0.2) is 44.7 Å². The monoisotopic (exact) mass is 400 g/mol. The Hall–Kier alpha value is -0.780. The Kier molecular flexibility index (Phi) is 5.07. The van der Waals surface area contributed by atoms with Crippen LogP contribution >= 0.6 is 43.2 Å². The van der Waals surface area contributed by atoms with E-state index in [1.165, 1.54) is 11.3 Å². The third-order valence-electron chi connectivity index (χ3n) is 2.59. The fraction of sp³-hybridized carbons (Fsp3) is 0.143. The fourth-order valence-corrected chi connectivity index (χ4v) is 3.21. The summed E-state index contributed by atoms with van der Waals surface area (Å²) in [5.74, 6) is 0.0117. The average molecular weight is 402 g/mol. The molecule has 2 rings (SSSR count). The molecule has 0 atom stereocenters. The van der Waals surface area contributed by atoms with Crippen molar-refractivity contribution in [3.63, 3.8) is 0 Å². The van der Waals surface area contributed by atoms with Crippen molar-refractivity contribution in [1.29, 1.82) is 0 Å². The SMILES string of the molecule is O=C(CCC(=O)c1ccc(Br)s1)c1ccc(Br)cc1. The number of rotatable bonds is 5. The van der Waals surface area contributed by atoms with Crippen LogP contribution in [0.4, 0.5) is 0 Å². The molecule has 1 heterocycles. The molecule has 0 radical (unpaired) electrons. The molecule has 19 heavy (non-hydrogen) atoms. The van der Waals surface area contributed by atoms with Crippen LogP contribution in [-0.4, -0.2) is 11.6 Å². The molecule has 1 aromatic heterocycles. The largest absolute Gasteiger partial charge is 0.294 e. The highest BCUT2D eigenvalue weighted by molar-refractivity contribution is 9.11.